The number of benzene rings is 2. The van der Waals surface area contributed by atoms with Gasteiger partial charge in [-0.15, -0.1) is 11.3 Å². The van der Waals surface area contributed by atoms with Crippen LogP contribution in [0.25, 0.3) is 20.8 Å². The summed E-state index contributed by atoms with van der Waals surface area (Å²) in [6.07, 6.45) is 0.949. The van der Waals surface area contributed by atoms with Gasteiger partial charge in [-0.25, -0.2) is 9.78 Å². The number of carbonyl (C=O) groups excluding carboxylic acids is 2. The molecule has 144 valence electrons. The molecule has 1 amide bonds. The van der Waals surface area contributed by atoms with Crippen molar-refractivity contribution in [2.75, 3.05) is 18.5 Å². The average Bonchev–Trinajstić information content (AvgIpc) is 3.36. The molecule has 7 heteroatoms. The fourth-order valence-corrected chi connectivity index (χ4v) is 4.11. The smallest absolute Gasteiger partial charge is 0.335 e. The number of hydrogen-bond acceptors (Lipinski definition) is 6. The van der Waals surface area contributed by atoms with E-state index in [1.165, 1.54) is 5.56 Å². The predicted molar refractivity (Wildman–Crippen MR) is 108 cm³/mol. The summed E-state index contributed by atoms with van der Waals surface area (Å²) in [7, 11) is 0. The normalized spacial score (nSPS) is 16.2. The van der Waals surface area contributed by atoms with Gasteiger partial charge in [0.05, 0.1) is 10.2 Å². The first kappa shape index (κ1) is 18.6. The topological polar surface area (TPSA) is 77.5 Å². The monoisotopic (exact) mass is 396 g/mol. The molecule has 2 heterocycles. The Labute approximate surface area is 166 Å². The minimum atomic E-state index is -0.537. The van der Waals surface area contributed by atoms with Crippen LogP contribution in [0, 0.1) is 6.92 Å². The number of anilines is 1. The van der Waals surface area contributed by atoms with Crippen molar-refractivity contribution in [1.29, 1.82) is 0 Å². The fourth-order valence-electron chi connectivity index (χ4n) is 3.04. The van der Waals surface area contributed by atoms with Crippen LogP contribution in [-0.2, 0) is 19.1 Å². The predicted octanol–water partition coefficient (Wildman–Crippen LogP) is 3.93. The molecule has 1 aliphatic rings. The summed E-state index contributed by atoms with van der Waals surface area (Å²) >= 11 is 1.64. The van der Waals surface area contributed by atoms with Crippen LogP contribution >= 0.6 is 11.3 Å². The minimum absolute atomic E-state index is 0.322. The van der Waals surface area contributed by atoms with Crippen LogP contribution in [0.4, 0.5) is 5.69 Å². The number of rotatable bonds is 5. The zero-order valence-corrected chi connectivity index (χ0v) is 16.3. The van der Waals surface area contributed by atoms with Gasteiger partial charge < -0.3 is 14.8 Å². The highest BCUT2D eigenvalue weighted by Crippen LogP contribution is 2.31. The zero-order valence-electron chi connectivity index (χ0n) is 15.4. The van der Waals surface area contributed by atoms with Crippen molar-refractivity contribution in [2.45, 2.75) is 25.9 Å². The molecule has 28 heavy (non-hydrogen) atoms. The van der Waals surface area contributed by atoms with Crippen LogP contribution in [-0.4, -0.2) is 36.2 Å². The quantitative estimate of drug-likeness (QED) is 0.661. The summed E-state index contributed by atoms with van der Waals surface area (Å²) in [6.45, 7) is 2.30. The second kappa shape index (κ2) is 8.08. The summed E-state index contributed by atoms with van der Waals surface area (Å²) in [6, 6.07) is 13.7. The van der Waals surface area contributed by atoms with E-state index >= 15 is 0 Å². The molecule has 1 saturated heterocycles. The lowest BCUT2D eigenvalue weighted by atomic mass is 10.2. The number of ether oxygens (including phenoxy) is 2. The highest BCUT2D eigenvalue weighted by Gasteiger charge is 2.25. The number of carbonyl (C=O) groups is 2. The molecule has 0 unspecified atom stereocenters. The molecule has 2 aromatic carbocycles. The molecular formula is C21H20N2O4S. The lowest BCUT2D eigenvalue weighted by Gasteiger charge is -2.10. The Morgan fingerprint density at radius 2 is 2.07 bits per heavy atom. The Hall–Kier alpha value is -2.77. The van der Waals surface area contributed by atoms with Crippen LogP contribution in [0.5, 0.6) is 0 Å². The summed E-state index contributed by atoms with van der Waals surface area (Å²) in [5, 5.41) is 3.66. The molecule has 0 spiro atoms. The SMILES string of the molecule is Cc1ccc2nc(-c3ccc(NC(=O)COC(=O)[C@H]4CCCO4)cc3)sc2c1. The Morgan fingerprint density at radius 1 is 1.25 bits per heavy atom. The Kier molecular flexibility index (Phi) is 5.36. The molecule has 1 atom stereocenters. The summed E-state index contributed by atoms with van der Waals surface area (Å²) in [4.78, 5) is 28.4. The molecule has 0 saturated carbocycles. The van der Waals surface area contributed by atoms with Gasteiger partial charge in [-0.05, 0) is 61.7 Å². The Morgan fingerprint density at radius 3 is 2.82 bits per heavy atom. The third-order valence-corrected chi connectivity index (χ3v) is 5.56. The van der Waals surface area contributed by atoms with Crippen molar-refractivity contribution < 1.29 is 19.1 Å². The summed E-state index contributed by atoms with van der Waals surface area (Å²) < 4.78 is 11.4. The molecule has 1 N–H and O–H groups in total. The molecule has 1 fully saturated rings. The van der Waals surface area contributed by atoms with Gasteiger partial charge in [0.2, 0.25) is 0 Å². The van der Waals surface area contributed by atoms with E-state index in [0.717, 1.165) is 27.2 Å². The second-order valence-electron chi connectivity index (χ2n) is 6.73. The average molecular weight is 396 g/mol. The van der Waals surface area contributed by atoms with Gasteiger partial charge in [-0.3, -0.25) is 4.79 Å². The number of aryl methyl sites for hydroxylation is 1. The zero-order chi connectivity index (χ0) is 19.5. The highest BCUT2D eigenvalue weighted by molar-refractivity contribution is 7.21. The van der Waals surface area contributed by atoms with Crippen LogP contribution in [0.15, 0.2) is 42.5 Å². The van der Waals surface area contributed by atoms with Gasteiger partial charge in [-0.1, -0.05) is 6.07 Å². The van der Waals surface area contributed by atoms with Crippen molar-refractivity contribution in [3.63, 3.8) is 0 Å². The Balaban J connectivity index is 1.35. The van der Waals surface area contributed by atoms with Crippen LogP contribution in [0.2, 0.25) is 0 Å². The number of esters is 1. The minimum Gasteiger partial charge on any atom is -0.454 e. The molecule has 0 radical (unpaired) electrons. The molecule has 4 rings (SSSR count). The van der Waals surface area contributed by atoms with E-state index in [1.54, 1.807) is 11.3 Å². The number of fused-ring (bicyclic) bond motifs is 1. The summed E-state index contributed by atoms with van der Waals surface area (Å²) in [5.74, 6) is -0.858. The van der Waals surface area contributed by atoms with Crippen LogP contribution < -0.4 is 5.32 Å². The van der Waals surface area contributed by atoms with Crippen molar-refractivity contribution in [3.05, 3.63) is 48.0 Å². The maximum atomic E-state index is 12.0. The molecule has 1 aromatic heterocycles. The van der Waals surface area contributed by atoms with Gasteiger partial charge in [0.25, 0.3) is 5.91 Å². The lowest BCUT2D eigenvalue weighted by molar-refractivity contribution is -0.156. The number of nitrogens with zero attached hydrogens (tertiary/aromatic N) is 1. The van der Waals surface area contributed by atoms with E-state index in [0.29, 0.717) is 18.7 Å². The molecule has 0 bridgehead atoms. The number of thiazole rings is 1. The summed E-state index contributed by atoms with van der Waals surface area (Å²) in [5.41, 5.74) is 3.82. The Bertz CT molecular complexity index is 1010. The fraction of sp³-hybridized carbons (Fsp3) is 0.286. The molecule has 1 aliphatic heterocycles. The van der Waals surface area contributed by atoms with E-state index in [4.69, 9.17) is 9.47 Å². The molecule has 3 aromatic rings. The molecule has 0 aliphatic carbocycles. The van der Waals surface area contributed by atoms with E-state index in [1.807, 2.05) is 30.3 Å². The first-order chi connectivity index (χ1) is 13.6. The number of nitrogens with one attached hydrogen (secondary N) is 1. The number of amides is 1. The maximum absolute atomic E-state index is 12.0. The third-order valence-electron chi connectivity index (χ3n) is 4.50. The number of hydrogen-bond donors (Lipinski definition) is 1. The van der Waals surface area contributed by atoms with Gasteiger partial charge >= 0.3 is 5.97 Å². The van der Waals surface area contributed by atoms with E-state index < -0.39 is 12.1 Å². The first-order valence-corrected chi connectivity index (χ1v) is 9.96. The van der Waals surface area contributed by atoms with Crippen molar-refractivity contribution in [3.8, 4) is 10.6 Å². The highest BCUT2D eigenvalue weighted by atomic mass is 32.1. The van der Waals surface area contributed by atoms with E-state index in [2.05, 4.69) is 29.4 Å². The van der Waals surface area contributed by atoms with E-state index in [9.17, 15) is 9.59 Å². The van der Waals surface area contributed by atoms with Gasteiger partial charge in [0.15, 0.2) is 12.7 Å². The maximum Gasteiger partial charge on any atom is 0.335 e. The van der Waals surface area contributed by atoms with Crippen LogP contribution in [0.3, 0.4) is 0 Å². The second-order valence-corrected chi connectivity index (χ2v) is 7.76. The van der Waals surface area contributed by atoms with Gasteiger partial charge in [-0.2, -0.15) is 0 Å². The van der Waals surface area contributed by atoms with Crippen molar-refractivity contribution in [1.82, 2.24) is 4.98 Å². The standard InChI is InChI=1S/C21H20N2O4S/c1-13-4-9-16-18(11-13)28-20(23-16)14-5-7-15(8-6-14)22-19(24)12-27-21(25)17-3-2-10-26-17/h4-9,11,17H,2-3,10,12H2,1H3,(H,22,24)/t17-/m1/s1. The van der Waals surface area contributed by atoms with Crippen LogP contribution in [0.1, 0.15) is 18.4 Å². The van der Waals surface area contributed by atoms with Gasteiger partial charge in [0, 0.05) is 17.9 Å². The first-order valence-electron chi connectivity index (χ1n) is 9.14. The van der Waals surface area contributed by atoms with Gasteiger partial charge in [0.1, 0.15) is 5.01 Å². The lowest BCUT2D eigenvalue weighted by Crippen LogP contribution is -2.27. The van der Waals surface area contributed by atoms with Crippen molar-refractivity contribution >= 4 is 39.1 Å². The van der Waals surface area contributed by atoms with Crippen molar-refractivity contribution in [2.24, 2.45) is 0 Å². The number of aromatic nitrogens is 1. The third kappa shape index (κ3) is 4.21. The largest absolute Gasteiger partial charge is 0.454 e. The molecule has 6 nitrogen and oxygen atoms in total. The molecular weight excluding hydrogens is 376 g/mol. The van der Waals surface area contributed by atoms with E-state index in [-0.39, 0.29) is 12.5 Å².